The molecule has 36 heavy (non-hydrogen) atoms. The Morgan fingerprint density at radius 3 is 2.08 bits per heavy atom. The minimum atomic E-state index is -0.963. The van der Waals surface area contributed by atoms with Gasteiger partial charge in [-0.3, -0.25) is 9.59 Å². The van der Waals surface area contributed by atoms with Crippen molar-refractivity contribution < 1.29 is 24.2 Å². The van der Waals surface area contributed by atoms with Crippen molar-refractivity contribution in [1.29, 1.82) is 0 Å². The van der Waals surface area contributed by atoms with Crippen LogP contribution in [0.15, 0.2) is 18.2 Å². The van der Waals surface area contributed by atoms with Crippen molar-refractivity contribution in [3.05, 3.63) is 34.9 Å². The quantitative estimate of drug-likeness (QED) is 0.390. The monoisotopic (exact) mass is 505 g/mol. The van der Waals surface area contributed by atoms with Gasteiger partial charge in [-0.25, -0.2) is 4.79 Å². The highest BCUT2D eigenvalue weighted by Crippen LogP contribution is 2.26. The molecule has 8 nitrogen and oxygen atoms in total. The standard InChI is InChI=1S/C28H47N3O5/c1-10-12-21(6)29-25(33)24(22-16-18(3)15-19(4)17-22)31(13-14-32)26(34)23(20(5)11-2)30-27(35)36-28(7,8)9/h15-17,20-21,23-24,32H,10-14H2,1-9H3,(H,29,33)(H,30,35). The molecule has 0 spiro atoms. The normalized spacial score (nSPS) is 14.8. The van der Waals surface area contributed by atoms with Gasteiger partial charge < -0.3 is 25.4 Å². The highest BCUT2D eigenvalue weighted by atomic mass is 16.6. The Bertz CT molecular complexity index is 860. The Morgan fingerprint density at radius 1 is 1.03 bits per heavy atom. The van der Waals surface area contributed by atoms with Crippen molar-refractivity contribution in [3.8, 4) is 0 Å². The molecule has 0 radical (unpaired) electrons. The van der Waals surface area contributed by atoms with Crippen LogP contribution in [0.3, 0.4) is 0 Å². The van der Waals surface area contributed by atoms with Crippen molar-refractivity contribution in [2.24, 2.45) is 5.92 Å². The highest BCUT2D eigenvalue weighted by molar-refractivity contribution is 5.92. The molecule has 4 atom stereocenters. The summed E-state index contributed by atoms with van der Waals surface area (Å²) >= 11 is 0. The van der Waals surface area contributed by atoms with Crippen LogP contribution >= 0.6 is 0 Å². The summed E-state index contributed by atoms with van der Waals surface area (Å²) in [5.74, 6) is -0.984. The third kappa shape index (κ3) is 9.80. The van der Waals surface area contributed by atoms with Crippen LogP contribution < -0.4 is 10.6 Å². The molecule has 1 rings (SSSR count). The molecule has 1 aromatic carbocycles. The summed E-state index contributed by atoms with van der Waals surface area (Å²) in [7, 11) is 0. The number of amides is 3. The van der Waals surface area contributed by atoms with E-state index in [1.165, 1.54) is 4.90 Å². The number of ether oxygens (including phenoxy) is 1. The lowest BCUT2D eigenvalue weighted by Gasteiger charge is -2.36. The summed E-state index contributed by atoms with van der Waals surface area (Å²) in [5, 5.41) is 15.7. The van der Waals surface area contributed by atoms with Gasteiger partial charge in [0.2, 0.25) is 11.8 Å². The molecule has 4 unspecified atom stereocenters. The lowest BCUT2D eigenvalue weighted by Crippen LogP contribution is -2.56. The number of nitrogens with zero attached hydrogens (tertiary/aromatic N) is 1. The Labute approximate surface area is 217 Å². The van der Waals surface area contributed by atoms with Crippen molar-refractivity contribution in [3.63, 3.8) is 0 Å². The third-order valence-corrected chi connectivity index (χ3v) is 6.01. The first kappa shape index (κ1) is 31.4. The van der Waals surface area contributed by atoms with Crippen molar-refractivity contribution >= 4 is 17.9 Å². The number of carbonyl (C=O) groups excluding carboxylic acids is 3. The maximum Gasteiger partial charge on any atom is 0.408 e. The second-order valence-corrected chi connectivity index (χ2v) is 10.8. The average Bonchev–Trinajstić information content (AvgIpc) is 2.74. The van der Waals surface area contributed by atoms with E-state index >= 15 is 0 Å². The molecule has 0 aliphatic rings. The van der Waals surface area contributed by atoms with Gasteiger partial charge in [0, 0.05) is 12.6 Å². The Morgan fingerprint density at radius 2 is 1.61 bits per heavy atom. The summed E-state index contributed by atoms with van der Waals surface area (Å²) in [5.41, 5.74) is 1.86. The fraction of sp³-hybridized carbons (Fsp3) is 0.679. The van der Waals surface area contributed by atoms with Gasteiger partial charge in [-0.1, -0.05) is 62.9 Å². The average molecular weight is 506 g/mol. The lowest BCUT2D eigenvalue weighted by atomic mass is 9.94. The number of aryl methyl sites for hydroxylation is 2. The van der Waals surface area contributed by atoms with Crippen LogP contribution in [-0.4, -0.2) is 58.8 Å². The van der Waals surface area contributed by atoms with E-state index in [9.17, 15) is 19.5 Å². The minimum Gasteiger partial charge on any atom is -0.444 e. The zero-order chi connectivity index (χ0) is 27.6. The molecule has 3 N–H and O–H groups in total. The summed E-state index contributed by atoms with van der Waals surface area (Å²) < 4.78 is 5.41. The highest BCUT2D eigenvalue weighted by Gasteiger charge is 2.38. The summed E-state index contributed by atoms with van der Waals surface area (Å²) in [6, 6.07) is 3.81. The van der Waals surface area contributed by atoms with Crippen LogP contribution in [0.5, 0.6) is 0 Å². The maximum absolute atomic E-state index is 14.0. The van der Waals surface area contributed by atoms with Crippen LogP contribution in [0, 0.1) is 19.8 Å². The molecule has 0 aromatic heterocycles. The van der Waals surface area contributed by atoms with E-state index in [2.05, 4.69) is 10.6 Å². The van der Waals surface area contributed by atoms with Crippen LogP contribution in [0.4, 0.5) is 4.79 Å². The maximum atomic E-state index is 14.0. The largest absolute Gasteiger partial charge is 0.444 e. The smallest absolute Gasteiger partial charge is 0.408 e. The predicted octanol–water partition coefficient (Wildman–Crippen LogP) is 4.41. The van der Waals surface area contributed by atoms with Crippen LogP contribution in [0.1, 0.15) is 90.5 Å². The zero-order valence-corrected chi connectivity index (χ0v) is 23.6. The van der Waals surface area contributed by atoms with Gasteiger partial charge in [0.25, 0.3) is 0 Å². The fourth-order valence-corrected chi connectivity index (χ4v) is 4.24. The summed E-state index contributed by atoms with van der Waals surface area (Å²) in [4.78, 5) is 41.7. The number of nitrogens with one attached hydrogen (secondary N) is 2. The summed E-state index contributed by atoms with van der Waals surface area (Å²) in [6.07, 6.45) is 1.63. The second-order valence-electron chi connectivity index (χ2n) is 10.8. The first-order chi connectivity index (χ1) is 16.7. The van der Waals surface area contributed by atoms with Gasteiger partial charge in [-0.15, -0.1) is 0 Å². The SMILES string of the molecule is CCCC(C)NC(=O)C(c1cc(C)cc(C)c1)N(CCO)C(=O)C(NC(=O)OC(C)(C)C)C(C)CC. The van der Waals surface area contributed by atoms with E-state index in [1.807, 2.05) is 59.7 Å². The predicted molar refractivity (Wildman–Crippen MR) is 143 cm³/mol. The number of rotatable bonds is 12. The van der Waals surface area contributed by atoms with Gasteiger partial charge in [0.15, 0.2) is 0 Å². The topological polar surface area (TPSA) is 108 Å². The van der Waals surface area contributed by atoms with Gasteiger partial charge in [-0.05, 0) is 59.4 Å². The molecular formula is C28H47N3O5. The van der Waals surface area contributed by atoms with Gasteiger partial charge >= 0.3 is 6.09 Å². The Kier molecular flexibility index (Phi) is 12.4. The molecule has 0 bridgehead atoms. The number of aliphatic hydroxyl groups is 1. The van der Waals surface area contributed by atoms with Gasteiger partial charge in [0.1, 0.15) is 17.7 Å². The Balaban J connectivity index is 3.52. The Hall–Kier alpha value is -2.61. The van der Waals surface area contributed by atoms with E-state index in [-0.39, 0.29) is 31.0 Å². The lowest BCUT2D eigenvalue weighted by molar-refractivity contribution is -0.144. The van der Waals surface area contributed by atoms with E-state index in [0.29, 0.717) is 12.0 Å². The fourth-order valence-electron chi connectivity index (χ4n) is 4.24. The first-order valence-corrected chi connectivity index (χ1v) is 13.0. The number of carbonyl (C=O) groups is 3. The van der Waals surface area contributed by atoms with Crippen LogP contribution in [0.2, 0.25) is 0 Å². The van der Waals surface area contributed by atoms with Crippen LogP contribution in [0.25, 0.3) is 0 Å². The summed E-state index contributed by atoms with van der Waals surface area (Å²) in [6.45, 7) is 16.5. The van der Waals surface area contributed by atoms with E-state index in [4.69, 9.17) is 4.74 Å². The molecule has 0 aliphatic carbocycles. The number of aliphatic hydroxyl groups excluding tert-OH is 1. The molecule has 0 aliphatic heterocycles. The van der Waals surface area contributed by atoms with Crippen molar-refractivity contribution in [2.45, 2.75) is 105 Å². The number of alkyl carbamates (subject to hydrolysis) is 1. The van der Waals surface area contributed by atoms with Crippen molar-refractivity contribution in [1.82, 2.24) is 15.5 Å². The molecule has 0 fully saturated rings. The minimum absolute atomic E-state index is 0.0605. The van der Waals surface area contributed by atoms with Crippen molar-refractivity contribution in [2.75, 3.05) is 13.2 Å². The van der Waals surface area contributed by atoms with E-state index in [0.717, 1.165) is 24.0 Å². The molecule has 204 valence electrons. The molecule has 1 aromatic rings. The van der Waals surface area contributed by atoms with Gasteiger partial charge in [-0.2, -0.15) is 0 Å². The van der Waals surface area contributed by atoms with E-state index < -0.39 is 29.7 Å². The molecule has 0 saturated carbocycles. The first-order valence-electron chi connectivity index (χ1n) is 13.0. The molecule has 0 saturated heterocycles. The third-order valence-electron chi connectivity index (χ3n) is 6.01. The molecule has 0 heterocycles. The van der Waals surface area contributed by atoms with E-state index in [1.54, 1.807) is 20.8 Å². The number of hydrogen-bond donors (Lipinski definition) is 3. The zero-order valence-electron chi connectivity index (χ0n) is 23.6. The number of hydrogen-bond acceptors (Lipinski definition) is 5. The molecule has 3 amide bonds. The van der Waals surface area contributed by atoms with Gasteiger partial charge in [0.05, 0.1) is 6.61 Å². The number of benzene rings is 1. The van der Waals surface area contributed by atoms with Crippen LogP contribution in [-0.2, 0) is 14.3 Å². The molecule has 8 heteroatoms. The molecular weight excluding hydrogens is 458 g/mol. The second kappa shape index (κ2) is 14.2.